The zero-order chi connectivity index (χ0) is 20.4. The number of carbonyl (C=O) groups excluding carboxylic acids is 2. The van der Waals surface area contributed by atoms with Crippen LogP contribution in [0.25, 0.3) is 0 Å². The van der Waals surface area contributed by atoms with Crippen LogP contribution < -0.4 is 10.2 Å². The van der Waals surface area contributed by atoms with Crippen molar-refractivity contribution in [2.45, 2.75) is 52.0 Å². The van der Waals surface area contributed by atoms with Crippen molar-refractivity contribution in [1.82, 2.24) is 9.80 Å². The van der Waals surface area contributed by atoms with Gasteiger partial charge in [-0.25, -0.2) is 0 Å². The molecule has 0 aromatic heterocycles. The highest BCUT2D eigenvalue weighted by atomic mass is 16.2. The molecule has 6 nitrogen and oxygen atoms in total. The second-order valence-corrected chi connectivity index (χ2v) is 8.80. The van der Waals surface area contributed by atoms with Crippen LogP contribution in [-0.2, 0) is 9.59 Å². The predicted octanol–water partition coefficient (Wildman–Crippen LogP) is 2.87. The molecular weight excluding hydrogens is 364 g/mol. The monoisotopic (exact) mass is 398 g/mol. The molecule has 1 unspecified atom stereocenters. The third kappa shape index (κ3) is 4.42. The number of amides is 2. The molecule has 158 valence electrons. The molecule has 1 saturated carbocycles. The second kappa shape index (κ2) is 8.74. The topological polar surface area (TPSA) is 55.9 Å². The van der Waals surface area contributed by atoms with Gasteiger partial charge in [-0.15, -0.1) is 0 Å². The van der Waals surface area contributed by atoms with Crippen LogP contribution in [0.5, 0.6) is 0 Å². The van der Waals surface area contributed by atoms with Crippen molar-refractivity contribution in [1.29, 1.82) is 0 Å². The van der Waals surface area contributed by atoms with E-state index in [2.05, 4.69) is 41.1 Å². The smallest absolute Gasteiger partial charge is 0.229 e. The number of carbonyl (C=O) groups is 2. The van der Waals surface area contributed by atoms with Crippen LogP contribution in [0, 0.1) is 12.8 Å². The Labute approximate surface area is 174 Å². The van der Waals surface area contributed by atoms with Crippen LogP contribution in [-0.4, -0.2) is 66.9 Å². The van der Waals surface area contributed by atoms with E-state index in [1.165, 1.54) is 24.1 Å². The Hall–Kier alpha value is -2.08. The van der Waals surface area contributed by atoms with Crippen LogP contribution in [0.15, 0.2) is 18.2 Å². The van der Waals surface area contributed by atoms with Crippen molar-refractivity contribution in [3.05, 3.63) is 23.8 Å². The molecule has 4 rings (SSSR count). The molecule has 1 aliphatic carbocycles. The van der Waals surface area contributed by atoms with Gasteiger partial charge in [0.05, 0.1) is 5.92 Å². The van der Waals surface area contributed by atoms with Gasteiger partial charge >= 0.3 is 0 Å². The number of anilines is 2. The molecule has 3 fully saturated rings. The molecule has 2 saturated heterocycles. The van der Waals surface area contributed by atoms with Crippen molar-refractivity contribution in [2.75, 3.05) is 49.5 Å². The first-order valence-electron chi connectivity index (χ1n) is 11.2. The van der Waals surface area contributed by atoms with Crippen LogP contribution >= 0.6 is 0 Å². The molecule has 1 aromatic carbocycles. The number of piperazine rings is 1. The SMILES string of the molecule is CCN1CCN(c2ccc(NC(=O)C3CC(=O)N(C4CCCC4)C3)cc2C)CC1. The van der Waals surface area contributed by atoms with E-state index in [1.807, 2.05) is 11.0 Å². The summed E-state index contributed by atoms with van der Waals surface area (Å²) in [6, 6.07) is 6.54. The first kappa shape index (κ1) is 20.2. The molecule has 6 heteroatoms. The third-order valence-electron chi connectivity index (χ3n) is 6.92. The molecule has 1 N–H and O–H groups in total. The lowest BCUT2D eigenvalue weighted by Gasteiger charge is -2.36. The van der Waals surface area contributed by atoms with E-state index in [1.54, 1.807) is 0 Å². The molecule has 3 aliphatic rings. The number of hydrogen-bond acceptors (Lipinski definition) is 4. The van der Waals surface area contributed by atoms with Gasteiger partial charge < -0.3 is 20.0 Å². The van der Waals surface area contributed by atoms with E-state index in [-0.39, 0.29) is 17.7 Å². The highest BCUT2D eigenvalue weighted by Crippen LogP contribution is 2.30. The fourth-order valence-corrected chi connectivity index (χ4v) is 5.11. The van der Waals surface area contributed by atoms with Gasteiger partial charge in [-0.05, 0) is 50.1 Å². The molecule has 1 atom stereocenters. The van der Waals surface area contributed by atoms with E-state index in [0.717, 1.165) is 51.3 Å². The van der Waals surface area contributed by atoms with E-state index >= 15 is 0 Å². The largest absolute Gasteiger partial charge is 0.369 e. The number of nitrogens with one attached hydrogen (secondary N) is 1. The number of aryl methyl sites for hydroxylation is 1. The zero-order valence-electron chi connectivity index (χ0n) is 17.8. The van der Waals surface area contributed by atoms with E-state index < -0.39 is 0 Å². The van der Waals surface area contributed by atoms with Crippen LogP contribution in [0.4, 0.5) is 11.4 Å². The minimum absolute atomic E-state index is 0.0254. The van der Waals surface area contributed by atoms with Gasteiger partial charge in [-0.1, -0.05) is 19.8 Å². The second-order valence-electron chi connectivity index (χ2n) is 8.80. The van der Waals surface area contributed by atoms with Gasteiger partial charge in [0.2, 0.25) is 11.8 Å². The third-order valence-corrected chi connectivity index (χ3v) is 6.92. The summed E-state index contributed by atoms with van der Waals surface area (Å²) in [7, 11) is 0. The van der Waals surface area contributed by atoms with Crippen molar-refractivity contribution >= 4 is 23.2 Å². The molecule has 0 radical (unpaired) electrons. The molecule has 2 amide bonds. The van der Waals surface area contributed by atoms with Crippen LogP contribution in [0.1, 0.15) is 44.6 Å². The summed E-state index contributed by atoms with van der Waals surface area (Å²) in [6.07, 6.45) is 4.93. The summed E-state index contributed by atoms with van der Waals surface area (Å²) in [5.41, 5.74) is 3.26. The standard InChI is InChI=1S/C23H34N4O2/c1-3-25-10-12-26(13-11-25)21-9-8-19(14-17(21)2)24-23(29)18-15-22(28)27(16-18)20-6-4-5-7-20/h8-9,14,18,20H,3-7,10-13,15-16H2,1-2H3,(H,24,29). The summed E-state index contributed by atoms with van der Waals surface area (Å²) in [4.78, 5) is 32.0. The molecule has 0 bridgehead atoms. The Morgan fingerprint density at radius 2 is 1.86 bits per heavy atom. The lowest BCUT2D eigenvalue weighted by atomic mass is 10.1. The van der Waals surface area contributed by atoms with Gasteiger partial charge in [0.15, 0.2) is 0 Å². The Morgan fingerprint density at radius 1 is 1.14 bits per heavy atom. The minimum Gasteiger partial charge on any atom is -0.369 e. The van der Waals surface area contributed by atoms with Gasteiger partial charge in [-0.2, -0.15) is 0 Å². The van der Waals surface area contributed by atoms with E-state index in [4.69, 9.17) is 0 Å². The number of likely N-dealkylation sites (tertiary alicyclic amines) is 1. The number of rotatable bonds is 5. The van der Waals surface area contributed by atoms with Crippen molar-refractivity contribution in [2.24, 2.45) is 5.92 Å². The minimum atomic E-state index is -0.231. The number of benzene rings is 1. The fraction of sp³-hybridized carbons (Fsp3) is 0.652. The molecule has 2 aliphatic heterocycles. The zero-order valence-corrected chi connectivity index (χ0v) is 17.8. The maximum atomic E-state index is 12.8. The maximum absolute atomic E-state index is 12.8. The quantitative estimate of drug-likeness (QED) is 0.829. The highest BCUT2D eigenvalue weighted by Gasteiger charge is 2.38. The molecule has 0 spiro atoms. The Kier molecular flexibility index (Phi) is 6.09. The summed E-state index contributed by atoms with van der Waals surface area (Å²) in [5, 5.41) is 3.06. The van der Waals surface area contributed by atoms with Gasteiger partial charge in [0, 0.05) is 56.6 Å². The first-order valence-corrected chi connectivity index (χ1v) is 11.2. The molecular formula is C23H34N4O2. The van der Waals surface area contributed by atoms with Crippen molar-refractivity contribution in [3.8, 4) is 0 Å². The Morgan fingerprint density at radius 3 is 2.52 bits per heavy atom. The lowest BCUT2D eigenvalue weighted by molar-refractivity contribution is -0.129. The first-order chi connectivity index (χ1) is 14.0. The fourth-order valence-electron chi connectivity index (χ4n) is 5.11. The van der Waals surface area contributed by atoms with Crippen molar-refractivity contribution < 1.29 is 9.59 Å². The molecule has 1 aromatic rings. The average Bonchev–Trinajstić information content (AvgIpc) is 3.38. The number of hydrogen-bond donors (Lipinski definition) is 1. The lowest BCUT2D eigenvalue weighted by Crippen LogP contribution is -2.46. The normalized spacial score (nSPS) is 23.8. The number of likely N-dealkylation sites (N-methyl/N-ethyl adjacent to an activating group) is 1. The summed E-state index contributed by atoms with van der Waals surface area (Å²) >= 11 is 0. The summed E-state index contributed by atoms with van der Waals surface area (Å²) in [6.45, 7) is 10.3. The molecule has 2 heterocycles. The van der Waals surface area contributed by atoms with Crippen molar-refractivity contribution in [3.63, 3.8) is 0 Å². The average molecular weight is 399 g/mol. The predicted molar refractivity (Wildman–Crippen MR) is 116 cm³/mol. The highest BCUT2D eigenvalue weighted by molar-refractivity contribution is 5.97. The van der Waals surface area contributed by atoms with Crippen LogP contribution in [0.3, 0.4) is 0 Å². The van der Waals surface area contributed by atoms with Crippen LogP contribution in [0.2, 0.25) is 0 Å². The van der Waals surface area contributed by atoms with Gasteiger partial charge in [-0.3, -0.25) is 9.59 Å². The summed E-state index contributed by atoms with van der Waals surface area (Å²) < 4.78 is 0. The van der Waals surface area contributed by atoms with E-state index in [9.17, 15) is 9.59 Å². The molecule has 29 heavy (non-hydrogen) atoms. The maximum Gasteiger partial charge on any atom is 0.229 e. The Balaban J connectivity index is 1.35. The Bertz CT molecular complexity index is 751. The summed E-state index contributed by atoms with van der Waals surface area (Å²) in [5.74, 6) is -0.109. The number of nitrogens with zero attached hydrogens (tertiary/aromatic N) is 3. The van der Waals surface area contributed by atoms with E-state index in [0.29, 0.717) is 19.0 Å². The van der Waals surface area contributed by atoms with Gasteiger partial charge in [0.25, 0.3) is 0 Å². The van der Waals surface area contributed by atoms with Gasteiger partial charge in [0.1, 0.15) is 0 Å².